The predicted octanol–water partition coefficient (Wildman–Crippen LogP) is 3.40. The first kappa shape index (κ1) is 20.1. The molecule has 0 radical (unpaired) electrons. The maximum absolute atomic E-state index is 13.2. The molecule has 0 unspecified atom stereocenters. The van der Waals surface area contributed by atoms with Crippen LogP contribution in [0.15, 0.2) is 22.6 Å². The van der Waals surface area contributed by atoms with Gasteiger partial charge in [-0.25, -0.2) is 4.98 Å². The van der Waals surface area contributed by atoms with Gasteiger partial charge in [0.05, 0.1) is 30.5 Å². The molecule has 1 atom stereocenters. The second-order valence-electron chi connectivity index (χ2n) is 6.67. The van der Waals surface area contributed by atoms with E-state index in [1.54, 1.807) is 17.6 Å². The van der Waals surface area contributed by atoms with Crippen molar-refractivity contribution >= 4 is 39.3 Å². The highest BCUT2D eigenvalue weighted by atomic mass is 32.2. The molecule has 3 heterocycles. The van der Waals surface area contributed by atoms with Crippen molar-refractivity contribution in [3.8, 4) is 0 Å². The van der Waals surface area contributed by atoms with Gasteiger partial charge in [0.2, 0.25) is 0 Å². The van der Waals surface area contributed by atoms with Crippen LogP contribution in [-0.4, -0.2) is 34.0 Å². The van der Waals surface area contributed by atoms with Crippen LogP contribution in [0.25, 0.3) is 10.2 Å². The molecule has 8 heteroatoms. The van der Waals surface area contributed by atoms with Gasteiger partial charge in [-0.05, 0) is 18.4 Å². The second-order valence-corrected chi connectivity index (χ2v) is 8.70. The lowest BCUT2D eigenvalue weighted by Gasteiger charge is -2.26. The van der Waals surface area contributed by atoms with Crippen LogP contribution in [0.1, 0.15) is 31.2 Å². The number of esters is 1. The van der Waals surface area contributed by atoms with Crippen LogP contribution < -0.4 is 5.56 Å². The Hall–Kier alpha value is -1.64. The normalized spacial score (nSPS) is 16.5. The number of rotatable bonds is 7. The van der Waals surface area contributed by atoms with E-state index in [4.69, 9.17) is 14.5 Å². The van der Waals surface area contributed by atoms with E-state index in [2.05, 4.69) is 20.4 Å². The number of fused-ring (bicyclic) bond motifs is 3. The summed E-state index contributed by atoms with van der Waals surface area (Å²) in [6, 6.07) is 0. The van der Waals surface area contributed by atoms with E-state index in [-0.39, 0.29) is 23.4 Å². The lowest BCUT2D eigenvalue weighted by molar-refractivity contribution is -0.139. The van der Waals surface area contributed by atoms with E-state index in [0.29, 0.717) is 41.0 Å². The van der Waals surface area contributed by atoms with Gasteiger partial charge in [-0.15, -0.1) is 17.9 Å². The fourth-order valence-corrected chi connectivity index (χ4v) is 5.07. The number of allylic oxidation sites excluding steroid dienone is 1. The highest BCUT2D eigenvalue weighted by Crippen LogP contribution is 2.35. The molecule has 0 amide bonds. The van der Waals surface area contributed by atoms with Crippen LogP contribution in [0.2, 0.25) is 0 Å². The summed E-state index contributed by atoms with van der Waals surface area (Å²) in [5, 5.41) is 1.20. The molecule has 0 aliphatic carbocycles. The second kappa shape index (κ2) is 8.58. The molecule has 0 aromatic carbocycles. The summed E-state index contributed by atoms with van der Waals surface area (Å²) in [5.74, 6) is 0.184. The minimum Gasteiger partial charge on any atom is -0.465 e. The molecule has 0 saturated heterocycles. The fraction of sp³-hybridized carbons (Fsp3) is 0.526. The zero-order chi connectivity index (χ0) is 19.6. The molecule has 1 aliphatic heterocycles. The van der Waals surface area contributed by atoms with Gasteiger partial charge in [-0.2, -0.15) is 0 Å². The number of nitrogens with zero attached hydrogens (tertiary/aromatic N) is 2. The molecular weight excluding hydrogens is 384 g/mol. The molecule has 6 nitrogen and oxygen atoms in total. The zero-order valence-electron chi connectivity index (χ0n) is 15.8. The summed E-state index contributed by atoms with van der Waals surface area (Å²) in [5.41, 5.74) is 0.991. The van der Waals surface area contributed by atoms with Crippen LogP contribution in [0.3, 0.4) is 0 Å². The maximum atomic E-state index is 13.2. The molecule has 2 aromatic heterocycles. The van der Waals surface area contributed by atoms with Crippen LogP contribution >= 0.6 is 23.1 Å². The van der Waals surface area contributed by atoms with Crippen molar-refractivity contribution in [2.75, 3.05) is 12.4 Å². The summed E-state index contributed by atoms with van der Waals surface area (Å²) < 4.78 is 12.5. The van der Waals surface area contributed by atoms with E-state index >= 15 is 0 Å². The quantitative estimate of drug-likeness (QED) is 0.303. The number of thiophene rings is 1. The number of hydrogen-bond acceptors (Lipinski definition) is 7. The Morgan fingerprint density at radius 1 is 1.56 bits per heavy atom. The molecule has 0 N–H and O–H groups in total. The Balaban J connectivity index is 2.03. The summed E-state index contributed by atoms with van der Waals surface area (Å²) in [7, 11) is 0. The molecule has 0 fully saturated rings. The highest BCUT2D eigenvalue weighted by Gasteiger charge is 2.28. The summed E-state index contributed by atoms with van der Waals surface area (Å²) in [6.45, 7) is 11.0. The van der Waals surface area contributed by atoms with E-state index in [9.17, 15) is 9.59 Å². The van der Waals surface area contributed by atoms with Gasteiger partial charge in [0.25, 0.3) is 5.56 Å². The Morgan fingerprint density at radius 3 is 3.00 bits per heavy atom. The third-order valence-electron chi connectivity index (χ3n) is 4.47. The number of aromatic nitrogens is 2. The van der Waals surface area contributed by atoms with Crippen molar-refractivity contribution in [2.24, 2.45) is 5.92 Å². The maximum Gasteiger partial charge on any atom is 0.316 e. The van der Waals surface area contributed by atoms with Crippen molar-refractivity contribution in [1.82, 2.24) is 9.55 Å². The first-order valence-corrected chi connectivity index (χ1v) is 10.8. The number of carbonyl (C=O) groups excluding carboxylic acids is 1. The van der Waals surface area contributed by atoms with Gasteiger partial charge in [0, 0.05) is 17.8 Å². The summed E-state index contributed by atoms with van der Waals surface area (Å²) in [6.07, 6.45) is 2.51. The smallest absolute Gasteiger partial charge is 0.316 e. The Labute approximate surface area is 166 Å². The van der Waals surface area contributed by atoms with E-state index in [0.717, 1.165) is 16.9 Å². The zero-order valence-corrected chi connectivity index (χ0v) is 17.5. The van der Waals surface area contributed by atoms with Crippen molar-refractivity contribution in [1.29, 1.82) is 0 Å². The average Bonchev–Trinajstić information content (AvgIpc) is 3.00. The van der Waals surface area contributed by atoms with Crippen molar-refractivity contribution in [3.05, 3.63) is 33.4 Å². The van der Waals surface area contributed by atoms with Gasteiger partial charge < -0.3 is 9.47 Å². The standard InChI is InChI=1S/C19H24N2O4S2/c1-5-7-21-18(23)16-12-8-13(11(3)4)25-9-14(12)27-17(16)20-19(21)26-10-15(22)24-6-2/h5,11,13H,1,6-10H2,2-4H3/t13-/m0/s1. The first-order valence-electron chi connectivity index (χ1n) is 9.02. The predicted molar refractivity (Wildman–Crippen MR) is 109 cm³/mol. The van der Waals surface area contributed by atoms with Gasteiger partial charge in [-0.3, -0.25) is 14.2 Å². The monoisotopic (exact) mass is 408 g/mol. The van der Waals surface area contributed by atoms with Gasteiger partial charge in [0.15, 0.2) is 5.16 Å². The molecule has 3 rings (SSSR count). The molecular formula is C19H24N2O4S2. The molecule has 0 bridgehead atoms. The number of thioether (sulfide) groups is 1. The third kappa shape index (κ3) is 4.12. The molecule has 2 aromatic rings. The minimum absolute atomic E-state index is 0.0758. The molecule has 1 aliphatic rings. The van der Waals surface area contributed by atoms with Crippen molar-refractivity contribution in [2.45, 2.75) is 51.6 Å². The van der Waals surface area contributed by atoms with Gasteiger partial charge >= 0.3 is 5.97 Å². The van der Waals surface area contributed by atoms with Gasteiger partial charge in [-0.1, -0.05) is 31.7 Å². The molecule has 146 valence electrons. The van der Waals surface area contributed by atoms with Crippen LogP contribution in [0, 0.1) is 5.92 Å². The fourth-order valence-electron chi connectivity index (χ4n) is 3.10. The van der Waals surface area contributed by atoms with E-state index < -0.39 is 0 Å². The SMILES string of the molecule is C=CCn1c(SCC(=O)OCC)nc2sc3c(c2c1=O)C[C@@H](C(C)C)OC3. The van der Waals surface area contributed by atoms with Crippen LogP contribution in [-0.2, 0) is 33.8 Å². The van der Waals surface area contributed by atoms with Crippen LogP contribution in [0.4, 0.5) is 0 Å². The topological polar surface area (TPSA) is 70.4 Å². The van der Waals surface area contributed by atoms with Crippen LogP contribution in [0.5, 0.6) is 0 Å². The summed E-state index contributed by atoms with van der Waals surface area (Å²) in [4.78, 5) is 31.4. The van der Waals surface area contributed by atoms with Crippen molar-refractivity contribution in [3.63, 3.8) is 0 Å². The third-order valence-corrected chi connectivity index (χ3v) is 6.52. The molecule has 27 heavy (non-hydrogen) atoms. The van der Waals surface area contributed by atoms with E-state index in [1.807, 2.05) is 0 Å². The highest BCUT2D eigenvalue weighted by molar-refractivity contribution is 7.99. The number of carbonyl (C=O) groups is 1. The average molecular weight is 409 g/mol. The Morgan fingerprint density at radius 2 is 2.33 bits per heavy atom. The number of hydrogen-bond donors (Lipinski definition) is 0. The molecule has 0 spiro atoms. The summed E-state index contributed by atoms with van der Waals surface area (Å²) >= 11 is 2.73. The lowest BCUT2D eigenvalue weighted by Crippen LogP contribution is -2.28. The minimum atomic E-state index is -0.319. The van der Waals surface area contributed by atoms with Crippen molar-refractivity contribution < 1.29 is 14.3 Å². The largest absolute Gasteiger partial charge is 0.465 e. The lowest BCUT2D eigenvalue weighted by atomic mass is 9.96. The number of ether oxygens (including phenoxy) is 2. The Bertz CT molecular complexity index is 917. The van der Waals surface area contributed by atoms with E-state index in [1.165, 1.54) is 23.1 Å². The molecule has 0 saturated carbocycles. The Kier molecular flexibility index (Phi) is 6.39. The first-order chi connectivity index (χ1) is 13.0. The van der Waals surface area contributed by atoms with Gasteiger partial charge in [0.1, 0.15) is 4.83 Å².